The molecule has 0 radical (unpaired) electrons. The first-order chi connectivity index (χ1) is 13.6. The summed E-state index contributed by atoms with van der Waals surface area (Å²) < 4.78 is 21.4. The largest absolute Gasteiger partial charge is 0.472 e. The lowest BCUT2D eigenvalue weighted by Crippen LogP contribution is -2.73. The highest BCUT2D eigenvalue weighted by atomic mass is 16.6. The Morgan fingerprint density at radius 2 is 2.00 bits per heavy atom. The van der Waals surface area contributed by atoms with Gasteiger partial charge in [-0.05, 0) is 37.7 Å². The normalized spacial score (nSPS) is 50.6. The summed E-state index contributed by atoms with van der Waals surface area (Å²) in [5, 5.41) is 23.1. The van der Waals surface area contributed by atoms with E-state index in [0.717, 1.165) is 0 Å². The molecule has 2 aliphatic carbocycles. The topological polar surface area (TPSA) is 119 Å². The van der Waals surface area contributed by atoms with Gasteiger partial charge >= 0.3 is 11.9 Å². The molecule has 0 bridgehead atoms. The standard InChI is InChI=1S/C21H26O8/c1-18-5-6-20(24)16(22)29-13(11-4-7-27-10-11)9-19(20,2)14(18)8-12-15(28-12)21(18,25)17(23)26-3/h4,7,10,12-15,24-25H,5-6,8-9H2,1-3H3/t12-,13-,14+,15-,18+,19-,20-,21-/m0/s1. The van der Waals surface area contributed by atoms with Crippen LogP contribution in [-0.2, 0) is 23.8 Å². The van der Waals surface area contributed by atoms with Crippen LogP contribution in [0.4, 0.5) is 0 Å². The van der Waals surface area contributed by atoms with E-state index < -0.39 is 46.2 Å². The molecule has 8 atom stereocenters. The second kappa shape index (κ2) is 5.62. The summed E-state index contributed by atoms with van der Waals surface area (Å²) in [5.41, 5.74) is -4.66. The van der Waals surface area contributed by atoms with Gasteiger partial charge in [-0.15, -0.1) is 0 Å². The fraction of sp³-hybridized carbons (Fsp3) is 0.714. The number of furan rings is 1. The van der Waals surface area contributed by atoms with E-state index in [1.54, 1.807) is 6.07 Å². The first-order valence-corrected chi connectivity index (χ1v) is 10.0. The Labute approximate surface area is 168 Å². The van der Waals surface area contributed by atoms with Gasteiger partial charge < -0.3 is 28.8 Å². The highest BCUT2D eigenvalue weighted by molar-refractivity contribution is 5.84. The molecule has 5 rings (SSSR count). The zero-order valence-electron chi connectivity index (χ0n) is 16.7. The van der Waals surface area contributed by atoms with Crippen molar-refractivity contribution >= 4 is 11.9 Å². The monoisotopic (exact) mass is 406 g/mol. The van der Waals surface area contributed by atoms with Gasteiger partial charge in [0, 0.05) is 16.4 Å². The fourth-order valence-corrected chi connectivity index (χ4v) is 6.56. The zero-order valence-corrected chi connectivity index (χ0v) is 16.7. The fourth-order valence-electron chi connectivity index (χ4n) is 6.56. The lowest BCUT2D eigenvalue weighted by molar-refractivity contribution is -0.271. The molecule has 2 N–H and O–H groups in total. The number of epoxide rings is 1. The van der Waals surface area contributed by atoms with Crippen LogP contribution in [0.15, 0.2) is 23.0 Å². The molecule has 1 aromatic heterocycles. The van der Waals surface area contributed by atoms with E-state index in [4.69, 9.17) is 18.6 Å². The molecule has 0 spiro atoms. The molecular weight excluding hydrogens is 380 g/mol. The molecule has 2 saturated carbocycles. The van der Waals surface area contributed by atoms with E-state index in [-0.39, 0.29) is 24.9 Å². The van der Waals surface area contributed by atoms with E-state index in [2.05, 4.69) is 0 Å². The molecule has 0 unspecified atom stereocenters. The van der Waals surface area contributed by atoms with Crippen LogP contribution in [0.5, 0.6) is 0 Å². The Morgan fingerprint density at radius 1 is 1.24 bits per heavy atom. The third-order valence-electron chi connectivity index (χ3n) is 8.43. The van der Waals surface area contributed by atoms with Crippen molar-refractivity contribution in [3.63, 3.8) is 0 Å². The van der Waals surface area contributed by atoms with E-state index in [1.165, 1.54) is 19.6 Å². The molecule has 2 aliphatic heterocycles. The van der Waals surface area contributed by atoms with Gasteiger partial charge in [-0.2, -0.15) is 0 Å². The van der Waals surface area contributed by atoms with Gasteiger partial charge in [0.25, 0.3) is 0 Å². The third-order valence-corrected chi connectivity index (χ3v) is 8.43. The minimum atomic E-state index is -1.83. The second-order valence-corrected chi connectivity index (χ2v) is 9.49. The van der Waals surface area contributed by atoms with Gasteiger partial charge in [-0.3, -0.25) is 0 Å². The van der Waals surface area contributed by atoms with Crippen LogP contribution in [0.25, 0.3) is 0 Å². The molecule has 4 fully saturated rings. The average molecular weight is 406 g/mol. The molecule has 158 valence electrons. The summed E-state index contributed by atoms with van der Waals surface area (Å²) in [4.78, 5) is 25.7. The molecular formula is C21H26O8. The average Bonchev–Trinajstić information content (AvgIpc) is 3.27. The van der Waals surface area contributed by atoms with Gasteiger partial charge in [-0.25, -0.2) is 9.59 Å². The van der Waals surface area contributed by atoms with Crippen molar-refractivity contribution in [2.45, 2.75) is 69.0 Å². The lowest BCUT2D eigenvalue weighted by Gasteiger charge is -2.64. The smallest absolute Gasteiger partial charge is 0.341 e. The highest BCUT2D eigenvalue weighted by Gasteiger charge is 2.80. The molecule has 29 heavy (non-hydrogen) atoms. The quantitative estimate of drug-likeness (QED) is 0.560. The Hall–Kier alpha value is -1.90. The van der Waals surface area contributed by atoms with Crippen molar-refractivity contribution in [1.82, 2.24) is 0 Å². The van der Waals surface area contributed by atoms with Crippen LogP contribution >= 0.6 is 0 Å². The van der Waals surface area contributed by atoms with E-state index in [1.807, 2.05) is 13.8 Å². The summed E-state index contributed by atoms with van der Waals surface area (Å²) in [5.74, 6) is -1.75. The summed E-state index contributed by atoms with van der Waals surface area (Å²) in [6.07, 6.45) is 2.80. The lowest BCUT2D eigenvalue weighted by atomic mass is 9.41. The number of cyclic esters (lactones) is 1. The predicted molar refractivity (Wildman–Crippen MR) is 96.3 cm³/mol. The molecule has 0 aromatic carbocycles. The number of esters is 2. The maximum Gasteiger partial charge on any atom is 0.341 e. The second-order valence-electron chi connectivity index (χ2n) is 9.49. The van der Waals surface area contributed by atoms with E-state index >= 15 is 0 Å². The van der Waals surface area contributed by atoms with Crippen LogP contribution in [-0.4, -0.2) is 52.7 Å². The number of methoxy groups -OCH3 is 1. The molecule has 0 amide bonds. The van der Waals surface area contributed by atoms with E-state index in [9.17, 15) is 19.8 Å². The first kappa shape index (κ1) is 19.1. The predicted octanol–water partition coefficient (Wildman–Crippen LogP) is 1.50. The van der Waals surface area contributed by atoms with Crippen molar-refractivity contribution in [2.24, 2.45) is 16.7 Å². The van der Waals surface area contributed by atoms with Gasteiger partial charge in [0.1, 0.15) is 12.2 Å². The van der Waals surface area contributed by atoms with Crippen LogP contribution in [0.1, 0.15) is 51.2 Å². The number of hydrogen-bond acceptors (Lipinski definition) is 8. The highest BCUT2D eigenvalue weighted by Crippen LogP contribution is 2.70. The summed E-state index contributed by atoms with van der Waals surface area (Å²) in [6.45, 7) is 3.72. The minimum Gasteiger partial charge on any atom is -0.472 e. The maximum absolute atomic E-state index is 13.0. The summed E-state index contributed by atoms with van der Waals surface area (Å²) in [6, 6.07) is 1.74. The Morgan fingerprint density at radius 3 is 2.66 bits per heavy atom. The molecule has 8 heteroatoms. The molecule has 2 saturated heterocycles. The number of ether oxygens (including phenoxy) is 3. The van der Waals surface area contributed by atoms with Gasteiger partial charge in [0.2, 0.25) is 0 Å². The SMILES string of the molecule is COC(=O)[C@@]1(O)[C@H]2O[C@H]2C[C@H]2[C@]3(C)C[C@@H](c4ccoc4)OC(=O)[C@@]3(O)CC[C@]21C. The number of aliphatic hydroxyl groups is 2. The Balaban J connectivity index is 1.62. The van der Waals surface area contributed by atoms with E-state index in [0.29, 0.717) is 18.4 Å². The summed E-state index contributed by atoms with van der Waals surface area (Å²) in [7, 11) is 1.25. The first-order valence-electron chi connectivity index (χ1n) is 10.0. The van der Waals surface area contributed by atoms with Crippen molar-refractivity contribution in [3.8, 4) is 0 Å². The van der Waals surface area contributed by atoms with Crippen LogP contribution in [0.3, 0.4) is 0 Å². The van der Waals surface area contributed by atoms with Gasteiger partial charge in [-0.1, -0.05) is 13.8 Å². The van der Waals surface area contributed by atoms with Crippen molar-refractivity contribution in [3.05, 3.63) is 24.2 Å². The van der Waals surface area contributed by atoms with Crippen molar-refractivity contribution in [2.75, 3.05) is 7.11 Å². The molecule has 4 aliphatic rings. The van der Waals surface area contributed by atoms with Crippen molar-refractivity contribution < 1.29 is 38.4 Å². The number of carbonyl (C=O) groups is 2. The Bertz CT molecular complexity index is 866. The number of carbonyl (C=O) groups excluding carboxylic acids is 2. The van der Waals surface area contributed by atoms with Crippen LogP contribution < -0.4 is 0 Å². The molecule has 1 aromatic rings. The molecule has 8 nitrogen and oxygen atoms in total. The van der Waals surface area contributed by atoms with Gasteiger partial charge in [0.15, 0.2) is 11.2 Å². The van der Waals surface area contributed by atoms with Crippen LogP contribution in [0.2, 0.25) is 0 Å². The molecule has 3 heterocycles. The number of fused-ring (bicyclic) bond motifs is 4. The zero-order chi connectivity index (χ0) is 20.8. The summed E-state index contributed by atoms with van der Waals surface area (Å²) >= 11 is 0. The number of hydrogen-bond donors (Lipinski definition) is 2. The number of rotatable bonds is 2. The third kappa shape index (κ3) is 2.09. The van der Waals surface area contributed by atoms with Crippen LogP contribution in [0, 0.1) is 16.7 Å². The van der Waals surface area contributed by atoms with Crippen molar-refractivity contribution in [1.29, 1.82) is 0 Å². The minimum absolute atomic E-state index is 0.0874. The maximum atomic E-state index is 13.0. The Kier molecular flexibility index (Phi) is 3.70. The van der Waals surface area contributed by atoms with Gasteiger partial charge in [0.05, 0.1) is 25.7 Å².